The van der Waals surface area contributed by atoms with Crippen molar-refractivity contribution in [1.82, 2.24) is 10.2 Å². The number of nitrogens with zero attached hydrogens (tertiary/aromatic N) is 1. The summed E-state index contributed by atoms with van der Waals surface area (Å²) in [6.45, 7) is 21.5. The molecule has 0 radical (unpaired) electrons. The molecular formula is C29H42N2. The predicted molar refractivity (Wildman–Crippen MR) is 137 cm³/mol. The lowest BCUT2D eigenvalue weighted by Gasteiger charge is -2.21. The summed E-state index contributed by atoms with van der Waals surface area (Å²) >= 11 is 0. The predicted octanol–water partition coefficient (Wildman–Crippen LogP) is 6.71. The van der Waals surface area contributed by atoms with Crippen molar-refractivity contribution < 1.29 is 0 Å². The molecule has 31 heavy (non-hydrogen) atoms. The fourth-order valence-electron chi connectivity index (χ4n) is 4.21. The number of hydrogen-bond acceptors (Lipinski definition) is 2. The Morgan fingerprint density at radius 3 is 2.26 bits per heavy atom. The van der Waals surface area contributed by atoms with E-state index in [1.807, 2.05) is 6.08 Å². The molecule has 0 saturated heterocycles. The van der Waals surface area contributed by atoms with E-state index in [1.54, 1.807) is 0 Å². The molecular weight excluding hydrogens is 376 g/mol. The van der Waals surface area contributed by atoms with Gasteiger partial charge in [-0.2, -0.15) is 0 Å². The molecule has 168 valence electrons. The minimum Gasteiger partial charge on any atom is -0.384 e. The standard InChI is InChI=1S/C29H42N2/c1-7-16-31(17-8-2)18-15-29-14-11-25(19-23(29)5)20-24(6)30-22-26-12-13-27(9-3)28(10-4)21-26/h9,11-14,19,21,30H,3,6-8,10,15-18,20,22H2,1-2,4-5H3. The van der Waals surface area contributed by atoms with E-state index in [4.69, 9.17) is 0 Å². The largest absolute Gasteiger partial charge is 0.384 e. The molecule has 0 aromatic heterocycles. The zero-order valence-corrected chi connectivity index (χ0v) is 20.3. The van der Waals surface area contributed by atoms with Crippen LogP contribution >= 0.6 is 0 Å². The molecule has 0 unspecified atom stereocenters. The van der Waals surface area contributed by atoms with E-state index in [-0.39, 0.29) is 0 Å². The lowest BCUT2D eigenvalue weighted by atomic mass is 9.99. The minimum atomic E-state index is 0.811. The maximum Gasteiger partial charge on any atom is 0.0397 e. The lowest BCUT2D eigenvalue weighted by Crippen LogP contribution is -2.27. The van der Waals surface area contributed by atoms with Gasteiger partial charge in [0.15, 0.2) is 0 Å². The smallest absolute Gasteiger partial charge is 0.0397 e. The van der Waals surface area contributed by atoms with E-state index in [9.17, 15) is 0 Å². The summed E-state index contributed by atoms with van der Waals surface area (Å²) in [5.41, 5.74) is 9.12. The van der Waals surface area contributed by atoms with Gasteiger partial charge in [-0.3, -0.25) is 0 Å². The van der Waals surface area contributed by atoms with Gasteiger partial charge >= 0.3 is 0 Å². The van der Waals surface area contributed by atoms with Gasteiger partial charge in [0.25, 0.3) is 0 Å². The Bertz CT molecular complexity index is 844. The highest BCUT2D eigenvalue weighted by atomic mass is 15.1. The number of hydrogen-bond donors (Lipinski definition) is 1. The number of allylic oxidation sites excluding steroid dienone is 1. The van der Waals surface area contributed by atoms with E-state index >= 15 is 0 Å². The molecule has 0 atom stereocenters. The first-order valence-electron chi connectivity index (χ1n) is 12.0. The number of nitrogens with one attached hydrogen (secondary N) is 1. The maximum atomic E-state index is 4.26. The third kappa shape index (κ3) is 8.03. The van der Waals surface area contributed by atoms with Gasteiger partial charge in [-0.05, 0) is 79.1 Å². The first-order chi connectivity index (χ1) is 15.0. The monoisotopic (exact) mass is 418 g/mol. The van der Waals surface area contributed by atoms with Crippen molar-refractivity contribution in [3.8, 4) is 0 Å². The van der Waals surface area contributed by atoms with Crippen molar-refractivity contribution in [3.63, 3.8) is 0 Å². The molecule has 0 aliphatic heterocycles. The zero-order chi connectivity index (χ0) is 22.6. The summed E-state index contributed by atoms with van der Waals surface area (Å²) in [7, 11) is 0. The highest BCUT2D eigenvalue weighted by molar-refractivity contribution is 5.53. The zero-order valence-electron chi connectivity index (χ0n) is 20.3. The average molecular weight is 419 g/mol. The van der Waals surface area contributed by atoms with Gasteiger partial charge in [0, 0.05) is 25.2 Å². The topological polar surface area (TPSA) is 15.3 Å². The average Bonchev–Trinajstić information content (AvgIpc) is 2.77. The molecule has 2 aromatic carbocycles. The van der Waals surface area contributed by atoms with Crippen LogP contribution in [0.3, 0.4) is 0 Å². The highest BCUT2D eigenvalue weighted by Gasteiger charge is 2.07. The molecule has 0 aliphatic carbocycles. The van der Waals surface area contributed by atoms with Crippen LogP contribution in [0.5, 0.6) is 0 Å². The van der Waals surface area contributed by atoms with Crippen LogP contribution in [0.2, 0.25) is 0 Å². The molecule has 0 spiro atoms. The summed E-state index contributed by atoms with van der Waals surface area (Å²) in [4.78, 5) is 2.59. The molecule has 0 heterocycles. The van der Waals surface area contributed by atoms with Crippen molar-refractivity contribution in [2.24, 2.45) is 0 Å². The molecule has 0 aliphatic rings. The highest BCUT2D eigenvalue weighted by Crippen LogP contribution is 2.17. The van der Waals surface area contributed by atoms with Gasteiger partial charge in [0.2, 0.25) is 0 Å². The van der Waals surface area contributed by atoms with E-state index < -0.39 is 0 Å². The Kier molecular flexibility index (Phi) is 10.6. The molecule has 0 fully saturated rings. The van der Waals surface area contributed by atoms with E-state index in [1.165, 1.54) is 59.3 Å². The Hall–Kier alpha value is -2.32. The summed E-state index contributed by atoms with van der Waals surface area (Å²) in [5.74, 6) is 0. The molecule has 2 rings (SSSR count). The second-order valence-electron chi connectivity index (χ2n) is 8.58. The van der Waals surface area contributed by atoms with Gasteiger partial charge in [-0.1, -0.05) is 76.4 Å². The Morgan fingerprint density at radius 2 is 1.65 bits per heavy atom. The van der Waals surface area contributed by atoms with Crippen LogP contribution in [0.4, 0.5) is 0 Å². The third-order valence-corrected chi connectivity index (χ3v) is 5.95. The second kappa shape index (κ2) is 13.2. The van der Waals surface area contributed by atoms with Crippen LogP contribution in [0.15, 0.2) is 55.3 Å². The van der Waals surface area contributed by atoms with E-state index in [0.717, 1.165) is 38.0 Å². The molecule has 0 saturated carbocycles. The Morgan fingerprint density at radius 1 is 0.935 bits per heavy atom. The summed E-state index contributed by atoms with van der Waals surface area (Å²) in [5, 5.41) is 3.51. The van der Waals surface area contributed by atoms with E-state index in [2.05, 4.69) is 87.5 Å². The summed E-state index contributed by atoms with van der Waals surface area (Å²) < 4.78 is 0. The third-order valence-electron chi connectivity index (χ3n) is 5.95. The number of aryl methyl sites for hydroxylation is 2. The Labute approximate surface area is 191 Å². The van der Waals surface area contributed by atoms with Crippen molar-refractivity contribution in [3.05, 3.63) is 88.6 Å². The van der Waals surface area contributed by atoms with Crippen LogP contribution in [0.1, 0.15) is 67.0 Å². The van der Waals surface area contributed by atoms with Gasteiger partial charge in [0.05, 0.1) is 0 Å². The van der Waals surface area contributed by atoms with Gasteiger partial charge in [-0.25, -0.2) is 0 Å². The van der Waals surface area contributed by atoms with Crippen LogP contribution in [0.25, 0.3) is 6.08 Å². The van der Waals surface area contributed by atoms with Crippen molar-refractivity contribution in [2.75, 3.05) is 19.6 Å². The summed E-state index contributed by atoms with van der Waals surface area (Å²) in [6, 6.07) is 13.5. The lowest BCUT2D eigenvalue weighted by molar-refractivity contribution is 0.278. The fraction of sp³-hybridized carbons (Fsp3) is 0.448. The fourth-order valence-corrected chi connectivity index (χ4v) is 4.21. The second-order valence-corrected chi connectivity index (χ2v) is 8.58. The summed E-state index contributed by atoms with van der Waals surface area (Å²) in [6.07, 6.45) is 7.41. The van der Waals surface area contributed by atoms with Crippen molar-refractivity contribution in [2.45, 2.75) is 66.3 Å². The maximum absolute atomic E-state index is 4.26. The van der Waals surface area contributed by atoms with Crippen LogP contribution in [-0.4, -0.2) is 24.5 Å². The minimum absolute atomic E-state index is 0.811. The molecule has 1 N–H and O–H groups in total. The SMILES string of the molecule is C=Cc1ccc(CNC(=C)Cc2ccc(CCN(CCC)CCC)c(C)c2)cc1CC. The number of benzene rings is 2. The number of rotatable bonds is 14. The first kappa shape index (κ1) is 24.9. The normalized spacial score (nSPS) is 11.0. The van der Waals surface area contributed by atoms with E-state index in [0.29, 0.717) is 0 Å². The molecule has 2 aromatic rings. The first-order valence-corrected chi connectivity index (χ1v) is 12.0. The molecule has 0 bridgehead atoms. The molecule has 2 nitrogen and oxygen atoms in total. The quantitative estimate of drug-likeness (QED) is 0.367. The van der Waals surface area contributed by atoms with Gasteiger partial charge in [0.1, 0.15) is 0 Å². The molecule has 2 heteroatoms. The van der Waals surface area contributed by atoms with Gasteiger partial charge < -0.3 is 10.2 Å². The van der Waals surface area contributed by atoms with Gasteiger partial charge in [-0.15, -0.1) is 0 Å². The Balaban J connectivity index is 1.89. The van der Waals surface area contributed by atoms with Crippen LogP contribution < -0.4 is 5.32 Å². The van der Waals surface area contributed by atoms with Crippen LogP contribution in [0, 0.1) is 6.92 Å². The van der Waals surface area contributed by atoms with Crippen molar-refractivity contribution >= 4 is 6.08 Å². The molecule has 0 amide bonds. The van der Waals surface area contributed by atoms with Crippen LogP contribution in [-0.2, 0) is 25.8 Å². The van der Waals surface area contributed by atoms with Crippen molar-refractivity contribution in [1.29, 1.82) is 0 Å².